The number of fused-ring (bicyclic) bond motifs is 1. The molecule has 2 nitrogen and oxygen atoms in total. The van der Waals surface area contributed by atoms with Gasteiger partial charge in [0.25, 0.3) is 0 Å². The van der Waals surface area contributed by atoms with E-state index in [1.807, 2.05) is 6.07 Å². The van der Waals surface area contributed by atoms with Crippen molar-refractivity contribution in [3.05, 3.63) is 47.3 Å². The second kappa shape index (κ2) is 3.80. The molecule has 1 aliphatic rings. The molecule has 0 aromatic carbocycles. The number of aromatic nitrogens is 2. The number of aromatic amines is 1. The summed E-state index contributed by atoms with van der Waals surface area (Å²) in [5, 5.41) is 1.74. The number of pyridine rings is 1. The Balaban J connectivity index is 2.11. The third-order valence-electron chi connectivity index (χ3n) is 2.80. The zero-order valence-electron chi connectivity index (χ0n) is 8.70. The number of hydrogen-bond acceptors (Lipinski definition) is 1. The number of rotatable bonds is 1. The maximum absolute atomic E-state index is 5.91. The topological polar surface area (TPSA) is 28.7 Å². The number of halogens is 1. The predicted molar refractivity (Wildman–Crippen MR) is 67.5 cm³/mol. The van der Waals surface area contributed by atoms with Crippen LogP contribution < -0.4 is 0 Å². The fourth-order valence-corrected chi connectivity index (χ4v) is 2.15. The lowest BCUT2D eigenvalue weighted by atomic mass is 10.0. The van der Waals surface area contributed by atoms with Crippen molar-refractivity contribution < 1.29 is 0 Å². The molecule has 3 heteroatoms. The van der Waals surface area contributed by atoms with E-state index in [4.69, 9.17) is 11.6 Å². The average Bonchev–Trinajstić information content (AvgIpc) is 2.73. The summed E-state index contributed by atoms with van der Waals surface area (Å²) < 4.78 is 0. The Bertz CT molecular complexity index is 593. The highest BCUT2D eigenvalue weighted by Crippen LogP contribution is 2.26. The predicted octanol–water partition coefficient (Wildman–Crippen LogP) is 3.95. The first-order chi connectivity index (χ1) is 7.83. The van der Waals surface area contributed by atoms with Crippen molar-refractivity contribution in [1.82, 2.24) is 9.97 Å². The van der Waals surface area contributed by atoms with Crippen LogP contribution in [0.4, 0.5) is 0 Å². The third-order valence-corrected chi connectivity index (χ3v) is 3.00. The van der Waals surface area contributed by atoms with Crippen molar-refractivity contribution >= 4 is 28.2 Å². The highest BCUT2D eigenvalue weighted by molar-refractivity contribution is 6.31. The standard InChI is InChI=1S/C13H11ClN2/c14-11-6-10-7-12(16-13(10)15-8-11)9-4-2-1-3-5-9/h1-2,4,6-8H,3,5H2,(H,15,16). The molecule has 16 heavy (non-hydrogen) atoms. The van der Waals surface area contributed by atoms with Crippen LogP contribution >= 0.6 is 11.6 Å². The van der Waals surface area contributed by atoms with Gasteiger partial charge >= 0.3 is 0 Å². The summed E-state index contributed by atoms with van der Waals surface area (Å²) in [6.45, 7) is 0. The van der Waals surface area contributed by atoms with E-state index < -0.39 is 0 Å². The monoisotopic (exact) mass is 230 g/mol. The average molecular weight is 231 g/mol. The second-order valence-corrected chi connectivity index (χ2v) is 4.37. The van der Waals surface area contributed by atoms with Gasteiger partial charge < -0.3 is 4.98 Å². The maximum Gasteiger partial charge on any atom is 0.137 e. The first-order valence-electron chi connectivity index (χ1n) is 5.33. The van der Waals surface area contributed by atoms with Gasteiger partial charge in [0.15, 0.2) is 0 Å². The van der Waals surface area contributed by atoms with Gasteiger partial charge in [-0.1, -0.05) is 29.8 Å². The molecule has 80 valence electrons. The van der Waals surface area contributed by atoms with E-state index in [0.717, 1.165) is 29.6 Å². The van der Waals surface area contributed by atoms with Crippen LogP contribution in [0.5, 0.6) is 0 Å². The summed E-state index contributed by atoms with van der Waals surface area (Å²) in [5.74, 6) is 0. The molecule has 0 aliphatic heterocycles. The molecule has 0 spiro atoms. The fourth-order valence-electron chi connectivity index (χ4n) is 1.99. The van der Waals surface area contributed by atoms with Crippen LogP contribution in [0, 0.1) is 0 Å². The minimum Gasteiger partial charge on any atom is -0.339 e. The first kappa shape index (κ1) is 9.67. The van der Waals surface area contributed by atoms with Crippen molar-refractivity contribution in [2.45, 2.75) is 12.8 Å². The van der Waals surface area contributed by atoms with Crippen LogP contribution in [0.2, 0.25) is 5.02 Å². The molecule has 0 amide bonds. The molecule has 0 bridgehead atoms. The maximum atomic E-state index is 5.91. The molecule has 0 saturated heterocycles. The Morgan fingerprint density at radius 2 is 2.25 bits per heavy atom. The number of H-pyrrole nitrogens is 1. The quantitative estimate of drug-likeness (QED) is 0.790. The van der Waals surface area contributed by atoms with Gasteiger partial charge in [0.2, 0.25) is 0 Å². The molecule has 0 unspecified atom stereocenters. The van der Waals surface area contributed by atoms with E-state index in [-0.39, 0.29) is 0 Å². The largest absolute Gasteiger partial charge is 0.339 e. The number of hydrogen-bond donors (Lipinski definition) is 1. The zero-order valence-corrected chi connectivity index (χ0v) is 9.46. The SMILES string of the molecule is Clc1cnc2[nH]c(C3=CC=CCC3)cc2c1. The first-order valence-corrected chi connectivity index (χ1v) is 5.71. The van der Waals surface area contributed by atoms with Gasteiger partial charge in [-0.15, -0.1) is 0 Å². The molecule has 2 aromatic heterocycles. The van der Waals surface area contributed by atoms with Crippen molar-refractivity contribution in [1.29, 1.82) is 0 Å². The molecule has 0 radical (unpaired) electrons. The molecule has 0 atom stereocenters. The lowest BCUT2D eigenvalue weighted by molar-refractivity contribution is 1.04. The molecular weight excluding hydrogens is 220 g/mol. The summed E-state index contributed by atoms with van der Waals surface area (Å²) in [4.78, 5) is 7.58. The van der Waals surface area contributed by atoms with Gasteiger partial charge in [0, 0.05) is 17.3 Å². The Labute approximate surface area is 98.6 Å². The van der Waals surface area contributed by atoms with Crippen LogP contribution in [0.1, 0.15) is 18.5 Å². The van der Waals surface area contributed by atoms with E-state index in [1.165, 1.54) is 5.57 Å². The molecule has 1 aliphatic carbocycles. The summed E-state index contributed by atoms with van der Waals surface area (Å²) in [7, 11) is 0. The second-order valence-electron chi connectivity index (χ2n) is 3.93. The number of nitrogens with one attached hydrogen (secondary N) is 1. The van der Waals surface area contributed by atoms with Crippen molar-refractivity contribution in [2.75, 3.05) is 0 Å². The minimum atomic E-state index is 0.676. The molecular formula is C13H11ClN2. The molecule has 2 aromatic rings. The van der Waals surface area contributed by atoms with E-state index in [0.29, 0.717) is 5.02 Å². The fraction of sp³-hybridized carbons (Fsp3) is 0.154. The van der Waals surface area contributed by atoms with Crippen molar-refractivity contribution in [2.24, 2.45) is 0 Å². The lowest BCUT2D eigenvalue weighted by Gasteiger charge is -2.05. The van der Waals surface area contributed by atoms with Crippen LogP contribution in [0.25, 0.3) is 16.6 Å². The van der Waals surface area contributed by atoms with Crippen molar-refractivity contribution in [3.63, 3.8) is 0 Å². The smallest absolute Gasteiger partial charge is 0.137 e. The van der Waals surface area contributed by atoms with Crippen LogP contribution in [-0.2, 0) is 0 Å². The van der Waals surface area contributed by atoms with E-state index >= 15 is 0 Å². The Morgan fingerprint density at radius 3 is 3.06 bits per heavy atom. The number of nitrogens with zero attached hydrogens (tertiary/aromatic N) is 1. The van der Waals surface area contributed by atoms with Gasteiger partial charge in [-0.05, 0) is 30.5 Å². The van der Waals surface area contributed by atoms with Crippen LogP contribution in [0.3, 0.4) is 0 Å². The molecule has 0 fully saturated rings. The Hall–Kier alpha value is -1.54. The zero-order chi connectivity index (χ0) is 11.0. The summed E-state index contributed by atoms with van der Waals surface area (Å²) >= 11 is 5.91. The molecule has 0 saturated carbocycles. The Morgan fingerprint density at radius 1 is 1.31 bits per heavy atom. The van der Waals surface area contributed by atoms with Crippen LogP contribution in [-0.4, -0.2) is 9.97 Å². The van der Waals surface area contributed by atoms with Gasteiger partial charge in [-0.25, -0.2) is 4.98 Å². The molecule has 3 rings (SSSR count). The van der Waals surface area contributed by atoms with E-state index in [2.05, 4.69) is 34.3 Å². The Kier molecular flexibility index (Phi) is 2.29. The van der Waals surface area contributed by atoms with Crippen molar-refractivity contribution in [3.8, 4) is 0 Å². The van der Waals surface area contributed by atoms with Crippen LogP contribution in [0.15, 0.2) is 36.6 Å². The van der Waals surface area contributed by atoms with Gasteiger partial charge in [-0.2, -0.15) is 0 Å². The highest BCUT2D eigenvalue weighted by atomic mass is 35.5. The normalized spacial score (nSPS) is 15.4. The lowest BCUT2D eigenvalue weighted by Crippen LogP contribution is -1.87. The van der Waals surface area contributed by atoms with E-state index in [9.17, 15) is 0 Å². The highest BCUT2D eigenvalue weighted by Gasteiger charge is 2.07. The summed E-state index contributed by atoms with van der Waals surface area (Å²) in [6.07, 6.45) is 10.3. The molecule has 2 heterocycles. The van der Waals surface area contributed by atoms with Gasteiger partial charge in [0.05, 0.1) is 5.02 Å². The van der Waals surface area contributed by atoms with Gasteiger partial charge in [0.1, 0.15) is 5.65 Å². The van der Waals surface area contributed by atoms with Gasteiger partial charge in [-0.3, -0.25) is 0 Å². The van der Waals surface area contributed by atoms with E-state index in [1.54, 1.807) is 6.20 Å². The third kappa shape index (κ3) is 1.65. The summed E-state index contributed by atoms with van der Waals surface area (Å²) in [5.41, 5.74) is 3.38. The number of allylic oxidation sites excluding steroid dienone is 4. The summed E-state index contributed by atoms with van der Waals surface area (Å²) in [6, 6.07) is 4.04. The molecule has 1 N–H and O–H groups in total. The minimum absolute atomic E-state index is 0.676.